The van der Waals surface area contributed by atoms with Gasteiger partial charge in [0.25, 0.3) is 0 Å². The van der Waals surface area contributed by atoms with Crippen molar-refractivity contribution in [3.8, 4) is 0 Å². The maximum absolute atomic E-state index is 6.15. The molecule has 0 radical (unpaired) electrons. The Morgan fingerprint density at radius 2 is 1.62 bits per heavy atom. The van der Waals surface area contributed by atoms with E-state index in [0.717, 1.165) is 45.3 Å². The summed E-state index contributed by atoms with van der Waals surface area (Å²) in [6.07, 6.45) is 2.24. The van der Waals surface area contributed by atoms with Gasteiger partial charge in [-0.3, -0.25) is 0 Å². The van der Waals surface area contributed by atoms with Crippen molar-refractivity contribution >= 4 is 8.56 Å². The van der Waals surface area contributed by atoms with Crippen LogP contribution < -0.4 is 0 Å². The highest BCUT2D eigenvalue weighted by molar-refractivity contribution is 6.71. The minimum Gasteiger partial charge on any atom is -0.394 e. The lowest BCUT2D eigenvalue weighted by atomic mass is 10.0. The second kappa shape index (κ2) is 6.14. The smallest absolute Gasteiger partial charge is 0.349 e. The highest BCUT2D eigenvalue weighted by Crippen LogP contribution is 2.51. The molecule has 0 aliphatic carbocycles. The van der Waals surface area contributed by atoms with Crippen LogP contribution in [0.1, 0.15) is 40.5 Å². The minimum atomic E-state index is -2.09. The predicted molar refractivity (Wildman–Crippen MR) is 67.9 cm³/mol. The summed E-state index contributed by atoms with van der Waals surface area (Å²) < 4.78 is 17.7. The fourth-order valence-electron chi connectivity index (χ4n) is 2.59. The lowest BCUT2D eigenvalue weighted by molar-refractivity contribution is -0.0529. The van der Waals surface area contributed by atoms with Crippen LogP contribution in [-0.4, -0.2) is 35.0 Å². The Morgan fingerprint density at radius 3 is 1.88 bits per heavy atom. The molecule has 0 amide bonds. The molecule has 0 N–H and O–H groups in total. The Kier molecular flexibility index (Phi) is 5.44. The molecule has 1 heterocycles. The van der Waals surface area contributed by atoms with Crippen LogP contribution in [-0.2, 0) is 13.6 Å². The van der Waals surface area contributed by atoms with Crippen LogP contribution in [0.3, 0.4) is 0 Å². The molecular formula is C12H26O3Si. The van der Waals surface area contributed by atoms with Gasteiger partial charge in [0, 0.05) is 13.2 Å². The zero-order valence-electron chi connectivity index (χ0n) is 11.2. The van der Waals surface area contributed by atoms with Crippen LogP contribution in [0, 0.1) is 0 Å². The summed E-state index contributed by atoms with van der Waals surface area (Å²) >= 11 is 0. The van der Waals surface area contributed by atoms with Gasteiger partial charge in [-0.15, -0.1) is 0 Å². The monoisotopic (exact) mass is 246 g/mol. The Bertz CT molecular complexity index is 182. The molecule has 0 aromatic carbocycles. The van der Waals surface area contributed by atoms with E-state index >= 15 is 0 Å². The number of rotatable bonds is 8. The second-order valence-corrected chi connectivity index (χ2v) is 8.14. The SMILES string of the molecule is CCC[Si](OCC)(OCC)C1(CC)COC1. The van der Waals surface area contributed by atoms with E-state index < -0.39 is 8.56 Å². The molecule has 0 unspecified atom stereocenters. The molecule has 0 spiro atoms. The summed E-state index contributed by atoms with van der Waals surface area (Å²) in [5.74, 6) is 0. The standard InChI is InChI=1S/C12H26O3Si/c1-5-9-16(14-7-3,15-8-4)12(6-2)10-13-11-12/h5-11H2,1-4H3. The molecule has 1 aliphatic rings. The molecule has 16 heavy (non-hydrogen) atoms. The van der Waals surface area contributed by atoms with E-state index in [2.05, 4.69) is 27.7 Å². The molecule has 4 heteroatoms. The zero-order chi connectivity index (χ0) is 12.1. The van der Waals surface area contributed by atoms with Crippen molar-refractivity contribution in [1.82, 2.24) is 0 Å². The molecule has 1 saturated heterocycles. The Balaban J connectivity index is 2.88. The average Bonchev–Trinajstić information content (AvgIpc) is 2.18. The first kappa shape index (κ1) is 14.2. The van der Waals surface area contributed by atoms with E-state index in [1.54, 1.807) is 0 Å². The molecule has 0 saturated carbocycles. The Labute approximate surface area is 101 Å². The van der Waals surface area contributed by atoms with Gasteiger partial charge in [0.05, 0.1) is 18.3 Å². The molecule has 0 aromatic rings. The van der Waals surface area contributed by atoms with Crippen LogP contribution in [0.25, 0.3) is 0 Å². The summed E-state index contributed by atoms with van der Waals surface area (Å²) in [5, 5.41) is 0.203. The molecule has 0 aromatic heterocycles. The fourth-order valence-corrected chi connectivity index (χ4v) is 6.88. The van der Waals surface area contributed by atoms with Crippen LogP contribution >= 0.6 is 0 Å². The summed E-state index contributed by atoms with van der Waals surface area (Å²) in [7, 11) is -2.09. The molecule has 3 nitrogen and oxygen atoms in total. The van der Waals surface area contributed by atoms with Crippen molar-refractivity contribution in [2.45, 2.75) is 51.6 Å². The van der Waals surface area contributed by atoms with Crippen LogP contribution in [0.5, 0.6) is 0 Å². The number of ether oxygens (including phenoxy) is 1. The van der Waals surface area contributed by atoms with Gasteiger partial charge in [-0.05, 0) is 26.3 Å². The van der Waals surface area contributed by atoms with Gasteiger partial charge in [0.2, 0.25) is 0 Å². The minimum absolute atomic E-state index is 0.203. The molecule has 0 bridgehead atoms. The highest BCUT2D eigenvalue weighted by Gasteiger charge is 2.60. The Morgan fingerprint density at radius 1 is 1.06 bits per heavy atom. The van der Waals surface area contributed by atoms with Gasteiger partial charge in [0.1, 0.15) is 0 Å². The van der Waals surface area contributed by atoms with Crippen LogP contribution in [0.15, 0.2) is 0 Å². The largest absolute Gasteiger partial charge is 0.394 e. The van der Waals surface area contributed by atoms with Crippen molar-refractivity contribution in [2.75, 3.05) is 26.4 Å². The summed E-state index contributed by atoms with van der Waals surface area (Å²) in [4.78, 5) is 0. The van der Waals surface area contributed by atoms with Gasteiger partial charge in [-0.25, -0.2) is 0 Å². The van der Waals surface area contributed by atoms with Gasteiger partial charge in [-0.2, -0.15) is 0 Å². The molecule has 1 fully saturated rings. The lowest BCUT2D eigenvalue weighted by Crippen LogP contribution is -2.61. The number of hydrogen-bond donors (Lipinski definition) is 0. The van der Waals surface area contributed by atoms with E-state index in [4.69, 9.17) is 13.6 Å². The summed E-state index contributed by atoms with van der Waals surface area (Å²) in [6, 6.07) is 1.09. The quantitative estimate of drug-likeness (QED) is 0.616. The predicted octanol–water partition coefficient (Wildman–Crippen LogP) is 3.09. The van der Waals surface area contributed by atoms with Crippen molar-refractivity contribution < 1.29 is 13.6 Å². The van der Waals surface area contributed by atoms with Crippen molar-refractivity contribution in [1.29, 1.82) is 0 Å². The highest BCUT2D eigenvalue weighted by atomic mass is 28.4. The molecular weight excluding hydrogens is 220 g/mol. The molecule has 96 valence electrons. The molecule has 0 atom stereocenters. The number of hydrogen-bond acceptors (Lipinski definition) is 3. The van der Waals surface area contributed by atoms with Gasteiger partial charge in [-0.1, -0.05) is 20.3 Å². The average molecular weight is 246 g/mol. The first-order valence-electron chi connectivity index (χ1n) is 6.56. The van der Waals surface area contributed by atoms with E-state index in [-0.39, 0.29) is 5.04 Å². The fraction of sp³-hybridized carbons (Fsp3) is 1.00. The third-order valence-corrected chi connectivity index (χ3v) is 8.50. The Hall–Kier alpha value is 0.0969. The van der Waals surface area contributed by atoms with Crippen LogP contribution in [0.4, 0.5) is 0 Å². The van der Waals surface area contributed by atoms with Gasteiger partial charge < -0.3 is 13.6 Å². The lowest BCUT2D eigenvalue weighted by Gasteiger charge is -2.51. The second-order valence-electron chi connectivity index (χ2n) is 4.50. The van der Waals surface area contributed by atoms with Crippen molar-refractivity contribution in [3.63, 3.8) is 0 Å². The third-order valence-electron chi connectivity index (χ3n) is 3.58. The summed E-state index contributed by atoms with van der Waals surface area (Å²) in [6.45, 7) is 11.8. The maximum Gasteiger partial charge on any atom is 0.349 e. The first-order valence-corrected chi connectivity index (χ1v) is 8.58. The van der Waals surface area contributed by atoms with Gasteiger partial charge in [0.15, 0.2) is 0 Å². The van der Waals surface area contributed by atoms with E-state index in [1.165, 1.54) is 0 Å². The topological polar surface area (TPSA) is 27.7 Å². The zero-order valence-corrected chi connectivity index (χ0v) is 12.2. The molecule has 1 rings (SSSR count). The van der Waals surface area contributed by atoms with Crippen molar-refractivity contribution in [3.05, 3.63) is 0 Å². The third kappa shape index (κ3) is 2.35. The summed E-state index contributed by atoms with van der Waals surface area (Å²) in [5.41, 5.74) is 0. The van der Waals surface area contributed by atoms with Crippen LogP contribution in [0.2, 0.25) is 11.1 Å². The first-order chi connectivity index (χ1) is 7.70. The van der Waals surface area contributed by atoms with Crippen molar-refractivity contribution in [2.24, 2.45) is 0 Å². The maximum atomic E-state index is 6.15. The van der Waals surface area contributed by atoms with E-state index in [9.17, 15) is 0 Å². The van der Waals surface area contributed by atoms with Gasteiger partial charge >= 0.3 is 8.56 Å². The van der Waals surface area contributed by atoms with E-state index in [0.29, 0.717) is 0 Å². The van der Waals surface area contributed by atoms with E-state index in [1.807, 2.05) is 0 Å². The normalized spacial score (nSPS) is 19.5. The molecule has 1 aliphatic heterocycles.